The highest BCUT2D eigenvalue weighted by Gasteiger charge is 2.07. The molecule has 1 N–H and O–H groups in total. The first-order valence-corrected chi connectivity index (χ1v) is 7.38. The molecular formula is C18H21N3O. The standard InChI is InChI=1S/C18H21N3O/c1-21(18(22)20-17-11-6-3-7-12-17)14-8-13-19-15-16-9-4-2-5-10-16/h2-7,9-12,15H,8,13-14H2,1H3,(H,20,22). The van der Waals surface area contributed by atoms with Crippen LogP contribution < -0.4 is 5.32 Å². The van der Waals surface area contributed by atoms with E-state index in [1.54, 1.807) is 11.9 Å². The van der Waals surface area contributed by atoms with Crippen molar-refractivity contribution in [1.82, 2.24) is 4.90 Å². The van der Waals surface area contributed by atoms with Crippen LogP contribution in [-0.2, 0) is 0 Å². The van der Waals surface area contributed by atoms with Crippen LogP contribution in [0.5, 0.6) is 0 Å². The number of benzene rings is 2. The summed E-state index contributed by atoms with van der Waals surface area (Å²) < 4.78 is 0. The first kappa shape index (κ1) is 15.8. The predicted molar refractivity (Wildman–Crippen MR) is 91.6 cm³/mol. The van der Waals surface area contributed by atoms with E-state index in [0.717, 1.165) is 17.7 Å². The van der Waals surface area contributed by atoms with E-state index in [2.05, 4.69) is 10.3 Å². The molecule has 0 saturated carbocycles. The van der Waals surface area contributed by atoms with Crippen LogP contribution in [0.4, 0.5) is 10.5 Å². The van der Waals surface area contributed by atoms with Crippen LogP contribution in [0.2, 0.25) is 0 Å². The Morgan fingerprint density at radius 3 is 2.41 bits per heavy atom. The molecule has 0 bridgehead atoms. The Bertz CT molecular complexity index is 596. The van der Waals surface area contributed by atoms with Crippen molar-refractivity contribution in [2.75, 3.05) is 25.5 Å². The lowest BCUT2D eigenvalue weighted by Crippen LogP contribution is -2.32. The van der Waals surface area contributed by atoms with E-state index >= 15 is 0 Å². The molecule has 0 fully saturated rings. The third kappa shape index (κ3) is 5.40. The second-order valence-corrected chi connectivity index (χ2v) is 5.02. The Kier molecular flexibility index (Phi) is 6.18. The fourth-order valence-electron chi connectivity index (χ4n) is 1.95. The number of hydrogen-bond acceptors (Lipinski definition) is 2. The van der Waals surface area contributed by atoms with Gasteiger partial charge in [-0.3, -0.25) is 4.99 Å². The Morgan fingerprint density at radius 2 is 1.73 bits per heavy atom. The Balaban J connectivity index is 1.68. The first-order valence-electron chi connectivity index (χ1n) is 7.38. The highest BCUT2D eigenvalue weighted by molar-refractivity contribution is 5.89. The molecule has 0 aromatic heterocycles. The van der Waals surface area contributed by atoms with Crippen molar-refractivity contribution in [3.63, 3.8) is 0 Å². The van der Waals surface area contributed by atoms with E-state index in [9.17, 15) is 4.79 Å². The van der Waals surface area contributed by atoms with E-state index in [1.807, 2.05) is 66.9 Å². The van der Waals surface area contributed by atoms with E-state index in [1.165, 1.54) is 0 Å². The minimum atomic E-state index is -0.0989. The maximum atomic E-state index is 12.0. The zero-order valence-corrected chi connectivity index (χ0v) is 12.8. The molecule has 0 saturated heterocycles. The normalized spacial score (nSPS) is 10.6. The molecule has 0 aliphatic rings. The monoisotopic (exact) mass is 295 g/mol. The molecule has 0 aliphatic carbocycles. The van der Waals surface area contributed by atoms with Crippen LogP contribution in [0.15, 0.2) is 65.7 Å². The lowest BCUT2D eigenvalue weighted by molar-refractivity contribution is 0.222. The first-order chi connectivity index (χ1) is 10.8. The van der Waals surface area contributed by atoms with Gasteiger partial charge in [0.25, 0.3) is 0 Å². The minimum absolute atomic E-state index is 0.0989. The third-order valence-electron chi connectivity index (χ3n) is 3.19. The maximum absolute atomic E-state index is 12.0. The number of nitrogens with one attached hydrogen (secondary N) is 1. The highest BCUT2D eigenvalue weighted by Crippen LogP contribution is 2.06. The topological polar surface area (TPSA) is 44.7 Å². The van der Waals surface area contributed by atoms with Gasteiger partial charge in [0, 0.05) is 32.0 Å². The van der Waals surface area contributed by atoms with Crippen LogP contribution in [0, 0.1) is 0 Å². The summed E-state index contributed by atoms with van der Waals surface area (Å²) in [5.41, 5.74) is 1.90. The fourth-order valence-corrected chi connectivity index (χ4v) is 1.95. The van der Waals surface area contributed by atoms with Crippen molar-refractivity contribution < 1.29 is 4.79 Å². The molecule has 0 heterocycles. The van der Waals surface area contributed by atoms with Gasteiger partial charge in [-0.2, -0.15) is 0 Å². The van der Waals surface area contributed by atoms with Crippen molar-refractivity contribution >= 4 is 17.9 Å². The smallest absolute Gasteiger partial charge is 0.321 e. The number of anilines is 1. The van der Waals surface area contributed by atoms with Crippen molar-refractivity contribution in [2.45, 2.75) is 6.42 Å². The molecule has 0 spiro atoms. The largest absolute Gasteiger partial charge is 0.328 e. The molecule has 2 amide bonds. The summed E-state index contributed by atoms with van der Waals surface area (Å²) in [4.78, 5) is 18.0. The van der Waals surface area contributed by atoms with Crippen molar-refractivity contribution in [1.29, 1.82) is 0 Å². The van der Waals surface area contributed by atoms with Gasteiger partial charge in [0.05, 0.1) is 0 Å². The molecule has 22 heavy (non-hydrogen) atoms. The van der Waals surface area contributed by atoms with Crippen LogP contribution >= 0.6 is 0 Å². The number of para-hydroxylation sites is 1. The zero-order chi connectivity index (χ0) is 15.6. The fraction of sp³-hybridized carbons (Fsp3) is 0.222. The van der Waals surface area contributed by atoms with Crippen LogP contribution in [0.25, 0.3) is 0 Å². The molecule has 0 unspecified atom stereocenters. The number of amides is 2. The average molecular weight is 295 g/mol. The number of urea groups is 1. The van der Waals surface area contributed by atoms with Crippen molar-refractivity contribution in [3.8, 4) is 0 Å². The quantitative estimate of drug-likeness (QED) is 0.641. The van der Waals surface area contributed by atoms with E-state index in [-0.39, 0.29) is 6.03 Å². The lowest BCUT2D eigenvalue weighted by atomic mass is 10.2. The summed E-state index contributed by atoms with van der Waals surface area (Å²) in [5, 5.41) is 2.86. The van der Waals surface area contributed by atoms with Gasteiger partial charge in [-0.25, -0.2) is 4.79 Å². The van der Waals surface area contributed by atoms with Gasteiger partial charge in [0.2, 0.25) is 0 Å². The number of carbonyl (C=O) groups is 1. The van der Waals surface area contributed by atoms with Gasteiger partial charge in [-0.1, -0.05) is 48.5 Å². The second-order valence-electron chi connectivity index (χ2n) is 5.02. The predicted octanol–water partition coefficient (Wildman–Crippen LogP) is 3.66. The van der Waals surface area contributed by atoms with Crippen LogP contribution in [-0.4, -0.2) is 37.3 Å². The Hall–Kier alpha value is -2.62. The molecule has 0 atom stereocenters. The highest BCUT2D eigenvalue weighted by atomic mass is 16.2. The molecule has 114 valence electrons. The van der Waals surface area contributed by atoms with Gasteiger partial charge < -0.3 is 10.2 Å². The molecular weight excluding hydrogens is 274 g/mol. The van der Waals surface area contributed by atoms with Gasteiger partial charge in [-0.05, 0) is 24.1 Å². The SMILES string of the molecule is CN(CCCN=Cc1ccccc1)C(=O)Nc1ccccc1. The molecule has 2 aromatic carbocycles. The minimum Gasteiger partial charge on any atom is -0.328 e. The zero-order valence-electron chi connectivity index (χ0n) is 12.8. The Morgan fingerprint density at radius 1 is 1.09 bits per heavy atom. The molecule has 0 radical (unpaired) electrons. The molecule has 2 rings (SSSR count). The van der Waals surface area contributed by atoms with Gasteiger partial charge in [0.1, 0.15) is 0 Å². The van der Waals surface area contributed by atoms with E-state index in [0.29, 0.717) is 13.1 Å². The van der Waals surface area contributed by atoms with E-state index < -0.39 is 0 Å². The number of aliphatic imine (C=N–C) groups is 1. The number of hydrogen-bond donors (Lipinski definition) is 1. The van der Waals surface area contributed by atoms with Crippen LogP contribution in [0.3, 0.4) is 0 Å². The van der Waals surface area contributed by atoms with Gasteiger partial charge in [0.15, 0.2) is 0 Å². The van der Waals surface area contributed by atoms with Crippen molar-refractivity contribution in [3.05, 3.63) is 66.2 Å². The lowest BCUT2D eigenvalue weighted by Gasteiger charge is -2.17. The molecule has 4 nitrogen and oxygen atoms in total. The maximum Gasteiger partial charge on any atom is 0.321 e. The summed E-state index contributed by atoms with van der Waals surface area (Å²) in [6.45, 7) is 1.38. The van der Waals surface area contributed by atoms with Gasteiger partial charge >= 0.3 is 6.03 Å². The Labute approximate surface area is 131 Å². The van der Waals surface area contributed by atoms with Crippen molar-refractivity contribution in [2.24, 2.45) is 4.99 Å². The summed E-state index contributed by atoms with van der Waals surface area (Å²) in [6.07, 6.45) is 2.70. The summed E-state index contributed by atoms with van der Waals surface area (Å²) in [7, 11) is 1.79. The number of carbonyl (C=O) groups excluding carboxylic acids is 1. The van der Waals surface area contributed by atoms with Gasteiger partial charge in [-0.15, -0.1) is 0 Å². The number of rotatable bonds is 6. The summed E-state index contributed by atoms with van der Waals surface area (Å²) in [5.74, 6) is 0. The van der Waals surface area contributed by atoms with Crippen LogP contribution in [0.1, 0.15) is 12.0 Å². The summed E-state index contributed by atoms with van der Waals surface area (Å²) in [6, 6.07) is 19.4. The summed E-state index contributed by atoms with van der Waals surface area (Å²) >= 11 is 0. The molecule has 0 aliphatic heterocycles. The second kappa shape index (κ2) is 8.62. The third-order valence-corrected chi connectivity index (χ3v) is 3.19. The number of nitrogens with zero attached hydrogens (tertiary/aromatic N) is 2. The average Bonchev–Trinajstić information content (AvgIpc) is 2.56. The van der Waals surface area contributed by atoms with E-state index in [4.69, 9.17) is 0 Å². The molecule has 2 aromatic rings. The molecule has 4 heteroatoms.